The number of carbonyl (C=O) groups is 2. The number of fused-ring (bicyclic) bond motifs is 1. The second-order valence-corrected chi connectivity index (χ2v) is 5.80. The van der Waals surface area contributed by atoms with Gasteiger partial charge in [0.25, 0.3) is 11.8 Å². The Morgan fingerprint density at radius 2 is 1.96 bits per heavy atom. The summed E-state index contributed by atoms with van der Waals surface area (Å²) in [5, 5.41) is 3.66. The molecule has 2 aromatic carbocycles. The molecule has 3 N–H and O–H groups in total. The summed E-state index contributed by atoms with van der Waals surface area (Å²) >= 11 is 11.7. The number of anilines is 1. The highest BCUT2D eigenvalue weighted by atomic mass is 35.5. The van der Waals surface area contributed by atoms with Gasteiger partial charge in [0.2, 0.25) is 5.76 Å². The van der Waals surface area contributed by atoms with Gasteiger partial charge in [-0.05, 0) is 29.8 Å². The Morgan fingerprint density at radius 3 is 2.67 bits per heavy atom. The van der Waals surface area contributed by atoms with Gasteiger partial charge in [-0.15, -0.1) is 11.6 Å². The Hall–Kier alpha value is -2.50. The van der Waals surface area contributed by atoms with Crippen molar-refractivity contribution < 1.29 is 14.0 Å². The van der Waals surface area contributed by atoms with Crippen molar-refractivity contribution in [1.82, 2.24) is 0 Å². The molecule has 0 aliphatic carbocycles. The van der Waals surface area contributed by atoms with Crippen molar-refractivity contribution >= 4 is 51.7 Å². The first kappa shape index (κ1) is 16.4. The third-order valence-electron chi connectivity index (χ3n) is 3.46. The Bertz CT molecular complexity index is 950. The molecule has 5 nitrogen and oxygen atoms in total. The van der Waals surface area contributed by atoms with Gasteiger partial charge in [0.15, 0.2) is 0 Å². The molecule has 0 bridgehead atoms. The monoisotopic (exact) mass is 362 g/mol. The standard InChI is InChI=1S/C17H12Cl2N2O3/c18-8-9-2-1-3-10(6-9)17(23)21-14-12-5-4-11(19)7-13(12)24-15(14)16(20)22/h1-7H,8H2,(H2,20,22)(H,21,23). The SMILES string of the molecule is NC(=O)c1oc2cc(Cl)ccc2c1NC(=O)c1cccc(CCl)c1. The van der Waals surface area contributed by atoms with Crippen molar-refractivity contribution in [3.8, 4) is 0 Å². The molecule has 0 saturated heterocycles. The summed E-state index contributed by atoms with van der Waals surface area (Å²) in [4.78, 5) is 24.1. The number of hydrogen-bond donors (Lipinski definition) is 2. The molecule has 0 saturated carbocycles. The third-order valence-corrected chi connectivity index (χ3v) is 4.00. The predicted octanol–water partition coefficient (Wildman–Crippen LogP) is 4.18. The van der Waals surface area contributed by atoms with Gasteiger partial charge in [-0.3, -0.25) is 9.59 Å². The maximum Gasteiger partial charge on any atom is 0.286 e. The van der Waals surface area contributed by atoms with E-state index in [2.05, 4.69) is 5.32 Å². The summed E-state index contributed by atoms with van der Waals surface area (Å²) in [5.74, 6) is -1.02. The summed E-state index contributed by atoms with van der Waals surface area (Å²) in [6, 6.07) is 11.7. The molecule has 1 heterocycles. The average Bonchev–Trinajstić information content (AvgIpc) is 2.92. The zero-order chi connectivity index (χ0) is 17.3. The summed E-state index contributed by atoms with van der Waals surface area (Å²) in [6.07, 6.45) is 0. The van der Waals surface area contributed by atoms with Crippen LogP contribution in [-0.4, -0.2) is 11.8 Å². The van der Waals surface area contributed by atoms with Gasteiger partial charge >= 0.3 is 0 Å². The van der Waals surface area contributed by atoms with Crippen molar-refractivity contribution in [3.63, 3.8) is 0 Å². The van der Waals surface area contributed by atoms with Crippen molar-refractivity contribution in [2.75, 3.05) is 5.32 Å². The van der Waals surface area contributed by atoms with Crippen LogP contribution < -0.4 is 11.1 Å². The van der Waals surface area contributed by atoms with E-state index in [1.807, 2.05) is 6.07 Å². The third kappa shape index (κ3) is 3.09. The minimum atomic E-state index is -0.785. The fraction of sp³-hybridized carbons (Fsp3) is 0.0588. The highest BCUT2D eigenvalue weighted by molar-refractivity contribution is 6.31. The smallest absolute Gasteiger partial charge is 0.286 e. The molecule has 3 aromatic rings. The van der Waals surface area contributed by atoms with Gasteiger partial charge < -0.3 is 15.5 Å². The van der Waals surface area contributed by atoms with E-state index in [-0.39, 0.29) is 11.4 Å². The summed E-state index contributed by atoms with van der Waals surface area (Å²) in [5.41, 5.74) is 7.14. The molecule has 2 amide bonds. The number of rotatable bonds is 4. The van der Waals surface area contributed by atoms with Crippen LogP contribution in [-0.2, 0) is 5.88 Å². The molecule has 1 aromatic heterocycles. The van der Waals surface area contributed by atoms with Crippen molar-refractivity contribution in [1.29, 1.82) is 0 Å². The molecule has 122 valence electrons. The van der Waals surface area contributed by atoms with Crippen LogP contribution in [0.3, 0.4) is 0 Å². The first-order valence-corrected chi connectivity index (χ1v) is 7.89. The maximum absolute atomic E-state index is 12.5. The Labute approximate surface area is 147 Å². The maximum atomic E-state index is 12.5. The summed E-state index contributed by atoms with van der Waals surface area (Å²) < 4.78 is 5.43. The number of alkyl halides is 1. The van der Waals surface area contributed by atoms with Crippen molar-refractivity contribution in [2.45, 2.75) is 5.88 Å². The Kier molecular flexibility index (Phi) is 4.46. The van der Waals surface area contributed by atoms with Crippen LogP contribution >= 0.6 is 23.2 Å². The lowest BCUT2D eigenvalue weighted by atomic mass is 10.1. The van der Waals surface area contributed by atoms with E-state index in [9.17, 15) is 9.59 Å². The van der Waals surface area contributed by atoms with E-state index in [0.717, 1.165) is 5.56 Å². The number of benzene rings is 2. The molecule has 24 heavy (non-hydrogen) atoms. The number of nitrogens with one attached hydrogen (secondary N) is 1. The zero-order valence-corrected chi connectivity index (χ0v) is 13.8. The quantitative estimate of drug-likeness (QED) is 0.682. The number of primary amides is 1. The molecule has 3 rings (SSSR count). The topological polar surface area (TPSA) is 85.3 Å². The van der Waals surface area contributed by atoms with E-state index in [4.69, 9.17) is 33.4 Å². The lowest BCUT2D eigenvalue weighted by molar-refractivity contribution is 0.0977. The molecule has 0 atom stereocenters. The van der Waals surface area contributed by atoms with Gasteiger partial charge in [0.1, 0.15) is 11.3 Å². The van der Waals surface area contributed by atoms with Crippen LogP contribution in [0.2, 0.25) is 5.02 Å². The molecular formula is C17H12Cl2N2O3. The number of halogens is 2. The second-order valence-electron chi connectivity index (χ2n) is 5.10. The molecule has 0 aliphatic heterocycles. The minimum absolute atomic E-state index is 0.130. The minimum Gasteiger partial charge on any atom is -0.449 e. The zero-order valence-electron chi connectivity index (χ0n) is 12.3. The molecule has 0 fully saturated rings. The van der Waals surface area contributed by atoms with E-state index in [0.29, 0.717) is 27.4 Å². The number of furan rings is 1. The second kappa shape index (κ2) is 6.55. The summed E-state index contributed by atoms with van der Waals surface area (Å²) in [7, 11) is 0. The van der Waals surface area contributed by atoms with E-state index in [1.165, 1.54) is 0 Å². The first-order valence-electron chi connectivity index (χ1n) is 6.97. The van der Waals surface area contributed by atoms with Gasteiger partial charge in [0, 0.05) is 27.9 Å². The van der Waals surface area contributed by atoms with Crippen LogP contribution in [0.25, 0.3) is 11.0 Å². The predicted molar refractivity (Wildman–Crippen MR) is 93.7 cm³/mol. The number of amides is 2. The summed E-state index contributed by atoms with van der Waals surface area (Å²) in [6.45, 7) is 0. The number of carbonyl (C=O) groups excluding carboxylic acids is 2. The van der Waals surface area contributed by atoms with Gasteiger partial charge in [-0.2, -0.15) is 0 Å². The van der Waals surface area contributed by atoms with Crippen molar-refractivity contribution in [2.24, 2.45) is 5.73 Å². The molecule has 0 aliphatic rings. The number of hydrogen-bond acceptors (Lipinski definition) is 3. The van der Waals surface area contributed by atoms with Crippen LogP contribution in [0.4, 0.5) is 5.69 Å². The lowest BCUT2D eigenvalue weighted by Crippen LogP contribution is -2.17. The first-order chi connectivity index (χ1) is 11.5. The highest BCUT2D eigenvalue weighted by Crippen LogP contribution is 2.32. The van der Waals surface area contributed by atoms with E-state index >= 15 is 0 Å². The Morgan fingerprint density at radius 1 is 1.17 bits per heavy atom. The largest absolute Gasteiger partial charge is 0.449 e. The van der Waals surface area contributed by atoms with E-state index < -0.39 is 11.8 Å². The van der Waals surface area contributed by atoms with Gasteiger partial charge in [0.05, 0.1) is 0 Å². The molecule has 0 spiro atoms. The molecule has 0 unspecified atom stereocenters. The fourth-order valence-electron chi connectivity index (χ4n) is 2.35. The van der Waals surface area contributed by atoms with Crippen LogP contribution in [0.1, 0.15) is 26.5 Å². The molecule has 7 heteroatoms. The normalized spacial score (nSPS) is 10.8. The Balaban J connectivity index is 2.03. The van der Waals surface area contributed by atoms with Gasteiger partial charge in [-0.25, -0.2) is 0 Å². The van der Waals surface area contributed by atoms with Crippen LogP contribution in [0.15, 0.2) is 46.9 Å². The fourth-order valence-corrected chi connectivity index (χ4v) is 2.68. The average molecular weight is 363 g/mol. The van der Waals surface area contributed by atoms with Gasteiger partial charge in [-0.1, -0.05) is 23.7 Å². The molecule has 0 radical (unpaired) electrons. The van der Waals surface area contributed by atoms with Crippen molar-refractivity contribution in [3.05, 3.63) is 64.4 Å². The number of nitrogens with two attached hydrogens (primary N) is 1. The van der Waals surface area contributed by atoms with E-state index in [1.54, 1.807) is 36.4 Å². The highest BCUT2D eigenvalue weighted by Gasteiger charge is 2.21. The van der Waals surface area contributed by atoms with Crippen LogP contribution in [0.5, 0.6) is 0 Å². The molecular weight excluding hydrogens is 351 g/mol. The lowest BCUT2D eigenvalue weighted by Gasteiger charge is -2.06. The van der Waals surface area contributed by atoms with Crippen LogP contribution in [0, 0.1) is 0 Å².